The minimum atomic E-state index is 0.142. The summed E-state index contributed by atoms with van der Waals surface area (Å²) in [5, 5.41) is 10.9. The van der Waals surface area contributed by atoms with Gasteiger partial charge < -0.3 is 10.6 Å². The second-order valence-electron chi connectivity index (χ2n) is 7.15. The van der Waals surface area contributed by atoms with Crippen molar-refractivity contribution >= 4 is 11.7 Å². The van der Waals surface area contributed by atoms with Crippen LogP contribution in [0.5, 0.6) is 0 Å². The molecule has 25 heavy (non-hydrogen) atoms. The molecule has 6 heteroatoms. The number of pyridine rings is 1. The Bertz CT molecular complexity index is 708. The Balaban J connectivity index is 1.26. The van der Waals surface area contributed by atoms with E-state index in [2.05, 4.69) is 20.7 Å². The molecular weight excluding hydrogens is 314 g/mol. The van der Waals surface area contributed by atoms with E-state index in [1.165, 1.54) is 18.4 Å². The van der Waals surface area contributed by atoms with Gasteiger partial charge in [-0.1, -0.05) is 0 Å². The van der Waals surface area contributed by atoms with Crippen LogP contribution in [0.4, 0.5) is 5.82 Å². The molecule has 132 valence electrons. The van der Waals surface area contributed by atoms with Crippen LogP contribution >= 0.6 is 0 Å². The van der Waals surface area contributed by atoms with Crippen LogP contribution < -0.4 is 10.6 Å². The van der Waals surface area contributed by atoms with Gasteiger partial charge in [-0.2, -0.15) is 5.10 Å². The summed E-state index contributed by atoms with van der Waals surface area (Å²) >= 11 is 0. The Morgan fingerprint density at radius 1 is 1.24 bits per heavy atom. The smallest absolute Gasteiger partial charge is 0.228 e. The first-order valence-corrected chi connectivity index (χ1v) is 9.23. The van der Waals surface area contributed by atoms with E-state index >= 15 is 0 Å². The molecule has 2 atom stereocenters. The highest BCUT2D eigenvalue weighted by atomic mass is 16.2. The first-order valence-electron chi connectivity index (χ1n) is 9.23. The third kappa shape index (κ3) is 4.07. The van der Waals surface area contributed by atoms with Crippen molar-refractivity contribution in [2.24, 2.45) is 17.8 Å². The molecule has 3 heterocycles. The maximum Gasteiger partial charge on any atom is 0.228 e. The van der Waals surface area contributed by atoms with Crippen LogP contribution in [0.3, 0.4) is 0 Å². The van der Waals surface area contributed by atoms with E-state index < -0.39 is 0 Å². The summed E-state index contributed by atoms with van der Waals surface area (Å²) in [6, 6.07) is 5.91. The molecule has 0 unspecified atom stereocenters. The van der Waals surface area contributed by atoms with E-state index in [1.807, 2.05) is 29.1 Å². The van der Waals surface area contributed by atoms with Crippen LogP contribution in [0.2, 0.25) is 0 Å². The highest BCUT2D eigenvalue weighted by molar-refractivity contribution is 5.93. The topological polar surface area (TPSA) is 71.8 Å². The summed E-state index contributed by atoms with van der Waals surface area (Å²) in [5.74, 6) is 2.29. The van der Waals surface area contributed by atoms with Crippen molar-refractivity contribution in [2.45, 2.75) is 32.2 Å². The average molecular weight is 339 g/mol. The minimum Gasteiger partial charge on any atom is -0.317 e. The lowest BCUT2D eigenvalue weighted by molar-refractivity contribution is -0.117. The number of nitrogens with one attached hydrogen (secondary N) is 2. The molecule has 1 aliphatic heterocycles. The number of hydrogen-bond donors (Lipinski definition) is 2. The van der Waals surface area contributed by atoms with Gasteiger partial charge in [0.15, 0.2) is 5.82 Å². The van der Waals surface area contributed by atoms with Crippen LogP contribution in [-0.2, 0) is 17.8 Å². The van der Waals surface area contributed by atoms with Gasteiger partial charge in [-0.15, -0.1) is 0 Å². The Hall–Kier alpha value is -2.21. The van der Waals surface area contributed by atoms with Gasteiger partial charge in [-0.3, -0.25) is 14.5 Å². The zero-order valence-corrected chi connectivity index (χ0v) is 14.4. The summed E-state index contributed by atoms with van der Waals surface area (Å²) in [7, 11) is 0. The van der Waals surface area contributed by atoms with Gasteiger partial charge in [0.25, 0.3) is 0 Å². The van der Waals surface area contributed by atoms with Crippen LogP contribution in [0.25, 0.3) is 0 Å². The third-order valence-corrected chi connectivity index (χ3v) is 5.44. The van der Waals surface area contributed by atoms with E-state index in [1.54, 1.807) is 12.4 Å². The predicted molar refractivity (Wildman–Crippen MR) is 96.0 cm³/mol. The molecular formula is C19H25N5O. The number of carbonyl (C=O) groups is 1. The number of amides is 1. The maximum atomic E-state index is 12.4. The second kappa shape index (κ2) is 7.35. The van der Waals surface area contributed by atoms with Crippen molar-refractivity contribution < 1.29 is 4.79 Å². The lowest BCUT2D eigenvalue weighted by Crippen LogP contribution is -2.29. The molecule has 1 saturated carbocycles. The summed E-state index contributed by atoms with van der Waals surface area (Å²) in [4.78, 5) is 16.5. The molecule has 2 N–H and O–H groups in total. The molecule has 6 nitrogen and oxygen atoms in total. The molecule has 1 saturated heterocycles. The second-order valence-corrected chi connectivity index (χ2v) is 7.15. The minimum absolute atomic E-state index is 0.142. The van der Waals surface area contributed by atoms with Crippen LogP contribution in [0.15, 0.2) is 36.8 Å². The number of hydrogen-bond acceptors (Lipinski definition) is 4. The molecule has 1 aliphatic carbocycles. The fourth-order valence-electron chi connectivity index (χ4n) is 3.87. The van der Waals surface area contributed by atoms with E-state index in [0.29, 0.717) is 11.7 Å². The standard InChI is InChI=1S/C19H25N5O/c25-19(17-13-16(17)15-3-9-21-10-4-15)22-18-6-12-24(23-18)11-5-14-1-7-20-8-2-14/h1-2,6-8,12,15-17,21H,3-5,9-11,13H2,(H,22,23,25)/t16-,17+/m0/s1. The fraction of sp³-hybridized carbons (Fsp3) is 0.526. The lowest BCUT2D eigenvalue weighted by atomic mass is 9.92. The molecule has 2 aliphatic rings. The molecule has 0 radical (unpaired) electrons. The fourth-order valence-corrected chi connectivity index (χ4v) is 3.87. The number of aromatic nitrogens is 3. The molecule has 4 rings (SSSR count). The van der Waals surface area contributed by atoms with Crippen molar-refractivity contribution in [3.05, 3.63) is 42.4 Å². The van der Waals surface area contributed by atoms with E-state index in [-0.39, 0.29) is 11.8 Å². The molecule has 0 aromatic carbocycles. The first-order chi connectivity index (χ1) is 12.3. The molecule has 1 amide bonds. The van der Waals surface area contributed by atoms with Gasteiger partial charge >= 0.3 is 0 Å². The van der Waals surface area contributed by atoms with Crippen LogP contribution in [0, 0.1) is 17.8 Å². The van der Waals surface area contributed by atoms with Crippen LogP contribution in [0.1, 0.15) is 24.8 Å². The van der Waals surface area contributed by atoms with Crippen molar-refractivity contribution in [3.8, 4) is 0 Å². The number of nitrogens with zero attached hydrogens (tertiary/aromatic N) is 3. The Labute approximate surface area is 148 Å². The van der Waals surface area contributed by atoms with Gasteiger partial charge in [-0.25, -0.2) is 0 Å². The monoisotopic (exact) mass is 339 g/mol. The maximum absolute atomic E-state index is 12.4. The average Bonchev–Trinajstić information content (AvgIpc) is 3.35. The van der Waals surface area contributed by atoms with Crippen LogP contribution in [-0.4, -0.2) is 33.8 Å². The summed E-state index contributed by atoms with van der Waals surface area (Å²) < 4.78 is 1.88. The zero-order valence-electron chi connectivity index (χ0n) is 14.4. The van der Waals surface area contributed by atoms with Crippen molar-refractivity contribution in [3.63, 3.8) is 0 Å². The zero-order chi connectivity index (χ0) is 17.1. The quantitative estimate of drug-likeness (QED) is 0.845. The Kier molecular flexibility index (Phi) is 4.78. The number of rotatable bonds is 6. The summed E-state index contributed by atoms with van der Waals surface area (Å²) in [6.07, 6.45) is 9.89. The molecule has 2 aromatic rings. The van der Waals surface area contributed by atoms with E-state index in [0.717, 1.165) is 38.4 Å². The normalized spacial score (nSPS) is 23.4. The summed E-state index contributed by atoms with van der Waals surface area (Å²) in [6.45, 7) is 2.98. The van der Waals surface area contributed by atoms with E-state index in [9.17, 15) is 4.79 Å². The summed E-state index contributed by atoms with van der Waals surface area (Å²) in [5.41, 5.74) is 1.24. The molecule has 0 bridgehead atoms. The Morgan fingerprint density at radius 2 is 2.04 bits per heavy atom. The largest absolute Gasteiger partial charge is 0.317 e. The van der Waals surface area contributed by atoms with Gasteiger partial charge in [0.1, 0.15) is 0 Å². The third-order valence-electron chi connectivity index (χ3n) is 5.44. The number of piperidine rings is 1. The number of carbonyl (C=O) groups excluding carboxylic acids is 1. The van der Waals surface area contributed by atoms with Gasteiger partial charge in [0.2, 0.25) is 5.91 Å². The lowest BCUT2D eigenvalue weighted by Gasteiger charge is -2.22. The SMILES string of the molecule is O=C(Nc1ccn(CCc2ccncc2)n1)[C@@H]1C[C@H]1C1CCNCC1. The molecule has 2 aromatic heterocycles. The Morgan fingerprint density at radius 3 is 2.84 bits per heavy atom. The van der Waals surface area contributed by atoms with E-state index in [4.69, 9.17) is 0 Å². The van der Waals surface area contributed by atoms with Gasteiger partial charge in [0.05, 0.1) is 0 Å². The molecule has 2 fully saturated rings. The highest BCUT2D eigenvalue weighted by Gasteiger charge is 2.47. The van der Waals surface area contributed by atoms with Gasteiger partial charge in [-0.05, 0) is 68.3 Å². The van der Waals surface area contributed by atoms with Crippen molar-refractivity contribution in [1.82, 2.24) is 20.1 Å². The van der Waals surface area contributed by atoms with Crippen molar-refractivity contribution in [2.75, 3.05) is 18.4 Å². The molecule has 0 spiro atoms. The number of anilines is 1. The first kappa shape index (κ1) is 16.3. The number of aryl methyl sites for hydroxylation is 2. The van der Waals surface area contributed by atoms with Gasteiger partial charge in [0, 0.05) is 37.1 Å². The highest BCUT2D eigenvalue weighted by Crippen LogP contribution is 2.47. The van der Waals surface area contributed by atoms with Crippen molar-refractivity contribution in [1.29, 1.82) is 0 Å². The predicted octanol–water partition coefficient (Wildman–Crippen LogP) is 2.09.